The fraction of sp³-hybridized carbons (Fsp3) is 0.200. The van der Waals surface area contributed by atoms with Gasteiger partial charge in [-0.2, -0.15) is 5.11 Å². The van der Waals surface area contributed by atoms with Crippen LogP contribution in [0.3, 0.4) is 0 Å². The van der Waals surface area contributed by atoms with Crippen molar-refractivity contribution in [1.82, 2.24) is 0 Å². The van der Waals surface area contributed by atoms with Crippen molar-refractivity contribution in [2.45, 2.75) is 17.7 Å². The zero-order valence-corrected chi connectivity index (χ0v) is 20.3. The average Bonchev–Trinajstić information content (AvgIpc) is 2.70. The molecule has 3 aromatic rings. The van der Waals surface area contributed by atoms with Gasteiger partial charge in [0.1, 0.15) is 15.9 Å². The molecule has 0 aliphatic rings. The molecule has 0 bridgehead atoms. The molecule has 0 N–H and O–H groups in total. The molecule has 0 saturated heterocycles. The van der Waals surface area contributed by atoms with Gasteiger partial charge in [-0.05, 0) is 49.2 Å². The molecule has 0 atom stereocenters. The molecule has 9 heteroatoms. The summed E-state index contributed by atoms with van der Waals surface area (Å²) < 4.78 is 38.9. The number of nitrogens with zero attached hydrogens (tertiary/aromatic N) is 2. The number of azo groups is 1. The average molecular weight is 485 g/mol. The Morgan fingerprint density at radius 2 is 1.59 bits per heavy atom. The molecule has 3 rings (SSSR count). The van der Waals surface area contributed by atoms with Crippen molar-refractivity contribution in [3.05, 3.63) is 60.7 Å². The second kappa shape index (κ2) is 11.2. The van der Waals surface area contributed by atoms with Crippen molar-refractivity contribution in [2.75, 3.05) is 11.9 Å². The van der Waals surface area contributed by atoms with E-state index in [0.717, 1.165) is 34.7 Å². The monoisotopic (exact) mass is 484 g/mol. The number of fused-ring (bicyclic) bond motifs is 1. The third-order valence-electron chi connectivity index (χ3n) is 4.05. The maximum atomic E-state index is 11.0. The topological polar surface area (TPSA) is 91.2 Å². The van der Waals surface area contributed by atoms with Crippen LogP contribution in [0.15, 0.2) is 75.8 Å². The summed E-state index contributed by atoms with van der Waals surface area (Å²) in [6.45, 7) is 0.644. The molecule has 146 valence electrons. The fourth-order valence-corrected chi connectivity index (χ4v) is 3.50. The first kappa shape index (κ1) is 24.0. The van der Waals surface area contributed by atoms with Crippen LogP contribution in [0.2, 0.25) is 0 Å². The van der Waals surface area contributed by atoms with Gasteiger partial charge >= 0.3 is 29.6 Å². The Kier molecular flexibility index (Phi) is 9.26. The van der Waals surface area contributed by atoms with Gasteiger partial charge in [-0.3, -0.25) is 0 Å². The van der Waals surface area contributed by atoms with Crippen molar-refractivity contribution >= 4 is 48.2 Å². The quantitative estimate of drug-likeness (QED) is 0.161. The van der Waals surface area contributed by atoms with Crippen LogP contribution in [-0.2, 0) is 10.1 Å². The van der Waals surface area contributed by atoms with Crippen molar-refractivity contribution in [3.8, 4) is 5.75 Å². The van der Waals surface area contributed by atoms with Gasteiger partial charge in [-0.15, -0.1) is 5.11 Å². The molecule has 0 saturated carbocycles. The van der Waals surface area contributed by atoms with E-state index in [0.29, 0.717) is 18.0 Å². The number of benzene rings is 3. The second-order valence-corrected chi connectivity index (χ2v) is 8.19. The predicted octanol–water partition coefficient (Wildman–Crippen LogP) is 2.72. The standard InChI is InChI=1S/C20H19BrN2O4S.Na/c21-13-3-4-14-27-20-12-11-19(17-5-1-2-6-18(17)20)23-22-15-7-9-16(10-8-15)28(24,25)26;/h1-2,5-12H,3-4,13-14H2,(H,24,25,26);/q;+1/p-1. The van der Waals surface area contributed by atoms with Crippen LogP contribution < -0.4 is 34.3 Å². The molecule has 0 fully saturated rings. The Balaban J connectivity index is 0.00000300. The summed E-state index contributed by atoms with van der Waals surface area (Å²) >= 11 is 3.41. The molecule has 0 aromatic heterocycles. The first-order chi connectivity index (χ1) is 13.5. The number of unbranched alkanes of at least 4 members (excludes halogenated alkanes) is 1. The summed E-state index contributed by atoms with van der Waals surface area (Å²) in [5.41, 5.74) is 1.12. The summed E-state index contributed by atoms with van der Waals surface area (Å²) in [7, 11) is -4.47. The predicted molar refractivity (Wildman–Crippen MR) is 111 cm³/mol. The molecule has 0 radical (unpaired) electrons. The summed E-state index contributed by atoms with van der Waals surface area (Å²) in [6.07, 6.45) is 2.02. The number of alkyl halides is 1. The summed E-state index contributed by atoms with van der Waals surface area (Å²) in [5.74, 6) is 0.800. The number of halogens is 1. The molecule has 0 heterocycles. The number of hydrogen-bond acceptors (Lipinski definition) is 6. The molecule has 6 nitrogen and oxygen atoms in total. The van der Waals surface area contributed by atoms with Gasteiger partial charge in [0.2, 0.25) is 0 Å². The van der Waals surface area contributed by atoms with Crippen LogP contribution in [0, 0.1) is 0 Å². The second-order valence-electron chi connectivity index (χ2n) is 6.02. The summed E-state index contributed by atoms with van der Waals surface area (Å²) in [5, 5.41) is 11.2. The molecule has 0 spiro atoms. The van der Waals surface area contributed by atoms with E-state index < -0.39 is 10.1 Å². The molecule has 29 heavy (non-hydrogen) atoms. The van der Waals surface area contributed by atoms with E-state index in [4.69, 9.17) is 4.74 Å². The van der Waals surface area contributed by atoms with Gasteiger partial charge in [0.05, 0.1) is 22.9 Å². The van der Waals surface area contributed by atoms with Gasteiger partial charge in [-0.1, -0.05) is 40.2 Å². The zero-order chi connectivity index (χ0) is 20.0. The van der Waals surface area contributed by atoms with Gasteiger partial charge in [-0.25, -0.2) is 8.42 Å². The van der Waals surface area contributed by atoms with E-state index in [-0.39, 0.29) is 34.5 Å². The maximum Gasteiger partial charge on any atom is 1.00 e. The smallest absolute Gasteiger partial charge is 0.744 e. The van der Waals surface area contributed by atoms with E-state index in [1.54, 1.807) is 0 Å². The third kappa shape index (κ3) is 6.60. The first-order valence-corrected chi connectivity index (χ1v) is 11.2. The molecule has 0 aliphatic heterocycles. The number of ether oxygens (including phenoxy) is 1. The maximum absolute atomic E-state index is 11.0. The van der Waals surface area contributed by atoms with Crippen LogP contribution in [-0.4, -0.2) is 24.9 Å². The van der Waals surface area contributed by atoms with Crippen molar-refractivity contribution < 1.29 is 47.3 Å². The molecular formula is C20H18BrN2NaO4S. The van der Waals surface area contributed by atoms with E-state index >= 15 is 0 Å². The molecular weight excluding hydrogens is 467 g/mol. The minimum Gasteiger partial charge on any atom is -0.744 e. The van der Waals surface area contributed by atoms with Crippen LogP contribution in [0.4, 0.5) is 11.4 Å². The van der Waals surface area contributed by atoms with Gasteiger partial charge in [0.25, 0.3) is 0 Å². The van der Waals surface area contributed by atoms with Crippen LogP contribution in [0.25, 0.3) is 10.8 Å². The van der Waals surface area contributed by atoms with Gasteiger partial charge in [0, 0.05) is 16.1 Å². The van der Waals surface area contributed by atoms with Crippen LogP contribution >= 0.6 is 15.9 Å². The Labute approximate surface area is 200 Å². The molecule has 0 aliphatic carbocycles. The van der Waals surface area contributed by atoms with Crippen molar-refractivity contribution in [3.63, 3.8) is 0 Å². The van der Waals surface area contributed by atoms with Crippen LogP contribution in [0.1, 0.15) is 12.8 Å². The van der Waals surface area contributed by atoms with E-state index in [1.165, 1.54) is 24.3 Å². The van der Waals surface area contributed by atoms with Crippen molar-refractivity contribution in [2.24, 2.45) is 10.2 Å². The SMILES string of the molecule is O=S(=O)([O-])c1ccc(N=Nc2ccc(OCCCCBr)c3ccccc23)cc1.[Na+]. The summed E-state index contributed by atoms with van der Waals surface area (Å²) in [6, 6.07) is 16.8. The van der Waals surface area contributed by atoms with E-state index in [2.05, 4.69) is 26.2 Å². The third-order valence-corrected chi connectivity index (χ3v) is 5.46. The molecule has 0 unspecified atom stereocenters. The Bertz CT molecular complexity index is 1090. The van der Waals surface area contributed by atoms with Crippen LogP contribution in [0.5, 0.6) is 5.75 Å². The molecule has 0 amide bonds. The van der Waals surface area contributed by atoms with E-state index in [1.807, 2.05) is 36.4 Å². The Morgan fingerprint density at radius 3 is 2.24 bits per heavy atom. The minimum atomic E-state index is -4.47. The van der Waals surface area contributed by atoms with E-state index in [9.17, 15) is 13.0 Å². The largest absolute Gasteiger partial charge is 1.00 e. The molecule has 3 aromatic carbocycles. The zero-order valence-electron chi connectivity index (χ0n) is 15.9. The normalized spacial score (nSPS) is 11.5. The number of rotatable bonds is 8. The first-order valence-electron chi connectivity index (χ1n) is 8.67. The minimum absolute atomic E-state index is 0. The van der Waals surface area contributed by atoms with Crippen molar-refractivity contribution in [1.29, 1.82) is 0 Å². The number of hydrogen-bond donors (Lipinski definition) is 0. The Hall–Kier alpha value is -1.29. The summed E-state index contributed by atoms with van der Waals surface area (Å²) in [4.78, 5) is -0.293. The van der Waals surface area contributed by atoms with Gasteiger partial charge in [0.15, 0.2) is 0 Å². The van der Waals surface area contributed by atoms with Gasteiger partial charge < -0.3 is 9.29 Å². The fourth-order valence-electron chi connectivity index (χ4n) is 2.64. The Morgan fingerprint density at radius 1 is 0.897 bits per heavy atom.